The van der Waals surface area contributed by atoms with Crippen molar-refractivity contribution in [1.82, 2.24) is 20.4 Å². The number of likely N-dealkylation sites (N-methyl/N-ethyl adjacent to an activating group) is 1. The Balaban J connectivity index is 1.40. The Hall–Kier alpha value is -2.39. The Morgan fingerprint density at radius 1 is 1.37 bits per heavy atom. The second-order valence-corrected chi connectivity index (χ2v) is 11.4. The zero-order valence-corrected chi connectivity index (χ0v) is 20.2. The lowest BCUT2D eigenvalue weighted by molar-refractivity contribution is -0.148. The summed E-state index contributed by atoms with van der Waals surface area (Å²) in [6.45, 7) is 2.79. The molecule has 0 aromatic heterocycles. The highest BCUT2D eigenvalue weighted by Crippen LogP contribution is 2.64. The molecule has 35 heavy (non-hydrogen) atoms. The first kappa shape index (κ1) is 25.7. The minimum atomic E-state index is -4.42. The smallest absolute Gasteiger partial charge is 0.350 e. The van der Waals surface area contributed by atoms with Crippen LogP contribution in [0.5, 0.6) is 0 Å². The third kappa shape index (κ3) is 5.11. The van der Waals surface area contributed by atoms with Gasteiger partial charge in [-0.1, -0.05) is 13.8 Å². The second-order valence-electron chi connectivity index (χ2n) is 11.4. The number of fused-ring (bicyclic) bond motifs is 1. The van der Waals surface area contributed by atoms with Crippen molar-refractivity contribution in [2.45, 2.75) is 69.4 Å². The fourth-order valence-corrected chi connectivity index (χ4v) is 6.15. The number of nitrogens with zero attached hydrogens (tertiary/aromatic N) is 3. The predicted molar refractivity (Wildman–Crippen MR) is 118 cm³/mol. The summed E-state index contributed by atoms with van der Waals surface area (Å²) < 4.78 is 38.0. The molecule has 0 unspecified atom stereocenters. The van der Waals surface area contributed by atoms with E-state index in [9.17, 15) is 32.8 Å². The van der Waals surface area contributed by atoms with Crippen molar-refractivity contribution in [3.8, 4) is 6.07 Å². The van der Waals surface area contributed by atoms with Crippen molar-refractivity contribution in [2.24, 2.45) is 28.9 Å². The van der Waals surface area contributed by atoms with Crippen LogP contribution < -0.4 is 16.4 Å². The minimum absolute atomic E-state index is 0.0678. The van der Waals surface area contributed by atoms with Crippen molar-refractivity contribution in [1.29, 1.82) is 5.26 Å². The van der Waals surface area contributed by atoms with Gasteiger partial charge in [-0.3, -0.25) is 19.3 Å². The number of halogens is 3. The molecule has 4 rings (SSSR count). The van der Waals surface area contributed by atoms with E-state index in [0.29, 0.717) is 6.42 Å². The largest absolute Gasteiger partial charge is 0.401 e. The topological polar surface area (TPSA) is 132 Å². The molecule has 0 bridgehead atoms. The molecule has 0 radical (unpaired) electrons. The van der Waals surface area contributed by atoms with Crippen molar-refractivity contribution < 1.29 is 27.6 Å². The first-order valence-corrected chi connectivity index (χ1v) is 12.0. The van der Waals surface area contributed by atoms with Crippen LogP contribution >= 0.6 is 0 Å². The number of nitrogens with two attached hydrogens (primary N) is 1. The van der Waals surface area contributed by atoms with Crippen molar-refractivity contribution in [2.75, 3.05) is 26.7 Å². The highest BCUT2D eigenvalue weighted by molar-refractivity contribution is 5.92. The van der Waals surface area contributed by atoms with E-state index in [0.717, 1.165) is 17.7 Å². The molecule has 2 saturated carbocycles. The number of hydrogen-bond donors (Lipinski definition) is 3. The van der Waals surface area contributed by atoms with E-state index in [2.05, 4.69) is 16.7 Å². The van der Waals surface area contributed by atoms with Gasteiger partial charge < -0.3 is 21.3 Å². The summed E-state index contributed by atoms with van der Waals surface area (Å²) in [4.78, 5) is 41.0. The number of alkyl halides is 3. The summed E-state index contributed by atoms with van der Waals surface area (Å²) in [6, 6.07) is -0.907. The number of carbonyl (C=O) groups is 3. The number of piperidine rings is 1. The third-order valence-electron chi connectivity index (χ3n) is 8.28. The first-order chi connectivity index (χ1) is 16.2. The van der Waals surface area contributed by atoms with E-state index >= 15 is 0 Å². The summed E-state index contributed by atoms with van der Waals surface area (Å²) in [5.74, 6) is -1.59. The molecular formula is C23H33F3N6O3. The average Bonchev–Trinajstić information content (AvgIpc) is 3.45. The van der Waals surface area contributed by atoms with Crippen LogP contribution in [-0.2, 0) is 14.4 Å². The lowest BCUT2D eigenvalue weighted by Crippen LogP contribution is -2.57. The van der Waals surface area contributed by atoms with Crippen molar-refractivity contribution in [3.05, 3.63) is 0 Å². The van der Waals surface area contributed by atoms with E-state index in [-0.39, 0.29) is 54.1 Å². The van der Waals surface area contributed by atoms with Gasteiger partial charge in [-0.2, -0.15) is 18.4 Å². The van der Waals surface area contributed by atoms with Gasteiger partial charge in [0.2, 0.25) is 17.7 Å². The van der Waals surface area contributed by atoms with Crippen LogP contribution in [0, 0.1) is 34.5 Å². The van der Waals surface area contributed by atoms with Gasteiger partial charge in [0.1, 0.15) is 12.1 Å². The molecule has 2 aliphatic carbocycles. The molecule has 0 aromatic carbocycles. The number of carbonyl (C=O) groups excluding carboxylic acids is 3. The van der Waals surface area contributed by atoms with Crippen LogP contribution in [0.4, 0.5) is 13.2 Å². The Kier molecular flexibility index (Phi) is 6.33. The maximum atomic E-state index is 13.3. The summed E-state index contributed by atoms with van der Waals surface area (Å²) in [5.41, 5.74) is 5.64. The molecule has 2 aliphatic heterocycles. The van der Waals surface area contributed by atoms with Crippen molar-refractivity contribution in [3.63, 3.8) is 0 Å². The number of likely N-dealkylation sites (tertiary alicyclic amines) is 1. The van der Waals surface area contributed by atoms with Gasteiger partial charge in [-0.15, -0.1) is 0 Å². The lowest BCUT2D eigenvalue weighted by atomic mass is 9.95. The molecule has 4 aliphatic rings. The van der Waals surface area contributed by atoms with Crippen LogP contribution in [0.1, 0.15) is 39.5 Å². The maximum absolute atomic E-state index is 13.3. The van der Waals surface area contributed by atoms with Gasteiger partial charge in [-0.25, -0.2) is 0 Å². The molecule has 0 aromatic rings. The fraction of sp³-hybridized carbons (Fsp3) is 0.826. The van der Waals surface area contributed by atoms with E-state index in [1.165, 1.54) is 11.9 Å². The molecule has 9 nitrogen and oxygen atoms in total. The number of nitriles is 1. The Morgan fingerprint density at radius 2 is 2.03 bits per heavy atom. The molecular weight excluding hydrogens is 465 g/mol. The molecule has 12 heteroatoms. The lowest BCUT2D eigenvalue weighted by Gasteiger charge is -2.33. The van der Waals surface area contributed by atoms with Gasteiger partial charge in [0.05, 0.1) is 18.7 Å². The van der Waals surface area contributed by atoms with Crippen LogP contribution in [-0.4, -0.2) is 84.0 Å². The van der Waals surface area contributed by atoms with E-state index in [1.807, 2.05) is 13.8 Å². The minimum Gasteiger partial charge on any atom is -0.350 e. The second kappa shape index (κ2) is 8.62. The summed E-state index contributed by atoms with van der Waals surface area (Å²) >= 11 is 0. The monoisotopic (exact) mass is 498 g/mol. The zero-order valence-electron chi connectivity index (χ0n) is 20.2. The number of nitrogens with one attached hydrogen (secondary N) is 2. The van der Waals surface area contributed by atoms with Gasteiger partial charge in [0.15, 0.2) is 0 Å². The Bertz CT molecular complexity index is 944. The molecule has 4 fully saturated rings. The summed E-state index contributed by atoms with van der Waals surface area (Å²) in [6.07, 6.45) is -1.73. The van der Waals surface area contributed by atoms with Gasteiger partial charge in [0.25, 0.3) is 0 Å². The van der Waals surface area contributed by atoms with E-state index in [1.54, 1.807) is 0 Å². The third-order valence-corrected chi connectivity index (χ3v) is 8.28. The normalized spacial score (nSPS) is 31.5. The van der Waals surface area contributed by atoms with Crippen LogP contribution in [0.15, 0.2) is 0 Å². The molecule has 194 valence electrons. The van der Waals surface area contributed by atoms with Crippen LogP contribution in [0.2, 0.25) is 0 Å². The SMILES string of the molecule is CN(C[C@H](N)C(=O)N1C[C@H]2[C@@H]([C@H]1C(=O)N[C@H](C#N)C[C@@H]1CC3(CC3)NC1=O)C2(C)C)CC(F)(F)F. The Labute approximate surface area is 202 Å². The number of hydrogen-bond acceptors (Lipinski definition) is 6. The first-order valence-electron chi connectivity index (χ1n) is 12.0. The van der Waals surface area contributed by atoms with Gasteiger partial charge in [0, 0.05) is 24.5 Å². The molecule has 6 atom stereocenters. The van der Waals surface area contributed by atoms with Gasteiger partial charge >= 0.3 is 6.18 Å². The standard InChI is InChI=1S/C23H33F3N6O3/c1-21(2)14-9-32(20(35)15(28)10-31(3)11-23(24,25)26)17(16(14)21)19(34)29-13(8-27)6-12-7-22(4-5-22)30-18(12)33/h12-17H,4-7,9-11,28H2,1-3H3,(H,29,34)(H,30,33)/t12-,13+,14+,15+,16+,17+/m1/s1. The van der Waals surface area contributed by atoms with E-state index in [4.69, 9.17) is 5.73 Å². The van der Waals surface area contributed by atoms with E-state index < -0.39 is 42.7 Å². The fourth-order valence-electron chi connectivity index (χ4n) is 6.15. The molecule has 3 amide bonds. The highest BCUT2D eigenvalue weighted by Gasteiger charge is 2.69. The highest BCUT2D eigenvalue weighted by atomic mass is 19.4. The Morgan fingerprint density at radius 3 is 2.57 bits per heavy atom. The number of rotatable bonds is 8. The predicted octanol–water partition coefficient (Wildman–Crippen LogP) is 0.358. The van der Waals surface area contributed by atoms with Gasteiger partial charge in [-0.05, 0) is 50.0 Å². The van der Waals surface area contributed by atoms with Crippen LogP contribution in [0.25, 0.3) is 0 Å². The molecule has 1 spiro atoms. The molecule has 2 heterocycles. The maximum Gasteiger partial charge on any atom is 0.401 e. The summed E-state index contributed by atoms with van der Waals surface area (Å²) in [5, 5.41) is 15.3. The quantitative estimate of drug-likeness (QED) is 0.443. The summed E-state index contributed by atoms with van der Waals surface area (Å²) in [7, 11) is 1.23. The molecule has 2 saturated heterocycles. The van der Waals surface area contributed by atoms with Crippen LogP contribution in [0.3, 0.4) is 0 Å². The average molecular weight is 499 g/mol. The molecule has 4 N–H and O–H groups in total. The number of amides is 3. The van der Waals surface area contributed by atoms with Crippen molar-refractivity contribution >= 4 is 17.7 Å². The zero-order chi connectivity index (χ0) is 25.9.